The van der Waals surface area contributed by atoms with E-state index in [4.69, 9.17) is 0 Å². The van der Waals surface area contributed by atoms with Crippen LogP contribution in [-0.2, 0) is 32.1 Å². The van der Waals surface area contributed by atoms with Gasteiger partial charge in [0, 0.05) is 0 Å². The van der Waals surface area contributed by atoms with E-state index in [0.717, 1.165) is 6.42 Å². The Labute approximate surface area is 275 Å². The van der Waals surface area contributed by atoms with E-state index in [1.54, 1.807) is 17.6 Å². The third-order valence-corrected chi connectivity index (χ3v) is 18.0. The minimum absolute atomic E-state index is 0. The average Bonchev–Trinajstić information content (AvgIpc) is 3.56. The molecule has 0 aliphatic heterocycles. The van der Waals surface area contributed by atoms with Crippen LogP contribution in [0.15, 0.2) is 57.9 Å². The monoisotopic (exact) mass is 676 g/mol. The second-order valence-corrected chi connectivity index (χ2v) is 23.7. The maximum absolute atomic E-state index is 2.67. The summed E-state index contributed by atoms with van der Waals surface area (Å²) in [4.78, 5) is 0. The fraction of sp³-hybridized carbons (Fsp3) is 0.462. The minimum Gasteiger partial charge on any atom is -1.00 e. The van der Waals surface area contributed by atoms with Crippen LogP contribution in [0.3, 0.4) is 0 Å². The van der Waals surface area contributed by atoms with Gasteiger partial charge in [0.2, 0.25) is 0 Å². The summed E-state index contributed by atoms with van der Waals surface area (Å²) in [5.41, 5.74) is 15.7. The third-order valence-electron chi connectivity index (χ3n) is 9.83. The molecule has 0 atom stereocenters. The first kappa shape index (κ1) is 33.6. The van der Waals surface area contributed by atoms with E-state index in [1.807, 2.05) is 0 Å². The summed E-state index contributed by atoms with van der Waals surface area (Å²) in [6.45, 7) is 28.9. The van der Waals surface area contributed by atoms with Crippen molar-refractivity contribution in [2.45, 2.75) is 104 Å². The van der Waals surface area contributed by atoms with Crippen LogP contribution in [0.1, 0.15) is 127 Å². The predicted molar refractivity (Wildman–Crippen MR) is 173 cm³/mol. The van der Waals surface area contributed by atoms with Crippen LogP contribution in [0.2, 0.25) is 0 Å². The second kappa shape index (κ2) is 10.7. The van der Waals surface area contributed by atoms with E-state index >= 15 is 0 Å². The molecular weight excluding hydrogens is 631 g/mol. The first-order chi connectivity index (χ1) is 18.4. The molecule has 0 radical (unpaired) electrons. The zero-order valence-corrected chi connectivity index (χ0v) is 31.7. The van der Waals surface area contributed by atoms with Crippen molar-refractivity contribution in [3.05, 3.63) is 91.3 Å². The zero-order valence-electron chi connectivity index (χ0n) is 27.7. The molecule has 0 N–H and O–H groups in total. The van der Waals surface area contributed by atoms with Crippen LogP contribution in [0, 0.1) is 10.8 Å². The summed E-state index contributed by atoms with van der Waals surface area (Å²) in [7, 11) is 0. The van der Waals surface area contributed by atoms with Crippen molar-refractivity contribution in [3.8, 4) is 11.1 Å². The number of fused-ring (bicyclic) bond motifs is 5. The van der Waals surface area contributed by atoms with Gasteiger partial charge in [-0.05, 0) is 0 Å². The molecule has 0 bridgehead atoms. The van der Waals surface area contributed by atoms with E-state index in [2.05, 4.69) is 138 Å². The molecule has 3 heteroatoms. The molecule has 4 aliphatic carbocycles. The average molecular weight is 679 g/mol. The number of hydrogen-bond donors (Lipinski definition) is 0. The molecule has 222 valence electrons. The van der Waals surface area contributed by atoms with Crippen LogP contribution < -0.4 is 24.8 Å². The molecule has 2 aromatic rings. The molecule has 0 spiro atoms. The minimum atomic E-state index is -2.21. The molecule has 42 heavy (non-hydrogen) atoms. The molecule has 6 rings (SSSR count). The summed E-state index contributed by atoms with van der Waals surface area (Å²) >= 11 is -2.21. The zero-order chi connectivity index (χ0) is 29.2. The fourth-order valence-electron chi connectivity index (χ4n) is 7.88. The van der Waals surface area contributed by atoms with Crippen molar-refractivity contribution in [1.29, 1.82) is 0 Å². The molecule has 0 fully saturated rings. The third kappa shape index (κ3) is 5.12. The maximum atomic E-state index is 2.67. The summed E-state index contributed by atoms with van der Waals surface area (Å²) in [6.07, 6.45) is 13.5. The van der Waals surface area contributed by atoms with Crippen LogP contribution in [0.25, 0.3) is 22.3 Å². The topological polar surface area (TPSA) is 0 Å². The molecule has 0 unspecified atom stereocenters. The van der Waals surface area contributed by atoms with Gasteiger partial charge < -0.3 is 24.8 Å². The van der Waals surface area contributed by atoms with Gasteiger partial charge in [0.1, 0.15) is 0 Å². The standard InChI is InChI=1S/C31H37.C5H5.C3H6.2ClH.Zr/c1-28(2,3)26-16-30(7,8)24-12-18-11-19-13-25-23(15-21(19)20(18)14-22(24)26)27(29(4,5)6)17-31(25,9)10;1-2-4-5-3-1;1-3-2;;;/h11-17H,1-10H3;1-3H,4H2;1-2H3;2*1H;/q;;;;;+2/p-2. The van der Waals surface area contributed by atoms with Gasteiger partial charge in [-0.15, -0.1) is 0 Å². The van der Waals surface area contributed by atoms with Crippen LogP contribution >= 0.6 is 0 Å². The summed E-state index contributed by atoms with van der Waals surface area (Å²) < 4.78 is 4.01. The van der Waals surface area contributed by atoms with E-state index < -0.39 is 21.3 Å². The quantitative estimate of drug-likeness (QED) is 0.425. The molecule has 0 saturated carbocycles. The van der Waals surface area contributed by atoms with Gasteiger partial charge in [-0.3, -0.25) is 0 Å². The van der Waals surface area contributed by atoms with Gasteiger partial charge in [-0.2, -0.15) is 0 Å². The first-order valence-corrected chi connectivity index (χ1v) is 19.2. The molecule has 0 amide bonds. The normalized spacial score (nSPS) is 18.9. The molecule has 0 saturated heterocycles. The molecule has 0 aromatic heterocycles. The van der Waals surface area contributed by atoms with Crippen molar-refractivity contribution < 1.29 is 46.1 Å². The Hall–Kier alpha value is -1.27. The van der Waals surface area contributed by atoms with Gasteiger partial charge >= 0.3 is 253 Å². The summed E-state index contributed by atoms with van der Waals surface area (Å²) in [6, 6.07) is 10.6. The van der Waals surface area contributed by atoms with E-state index in [1.165, 1.54) is 44.5 Å². The number of benzene rings is 2. The number of halogens is 2. The van der Waals surface area contributed by atoms with Crippen LogP contribution in [-0.4, -0.2) is 3.21 Å². The Morgan fingerprint density at radius 1 is 0.690 bits per heavy atom. The van der Waals surface area contributed by atoms with Crippen molar-refractivity contribution in [3.63, 3.8) is 0 Å². The van der Waals surface area contributed by atoms with Crippen LogP contribution in [0.5, 0.6) is 0 Å². The molecule has 0 nitrogen and oxygen atoms in total. The Balaban J connectivity index is 0.00000202. The Kier molecular flexibility index (Phi) is 8.54. The Morgan fingerprint density at radius 3 is 1.45 bits per heavy atom. The van der Waals surface area contributed by atoms with E-state index in [0.29, 0.717) is 3.63 Å². The molecular formula is C39H48Cl2Zr. The van der Waals surface area contributed by atoms with E-state index in [9.17, 15) is 0 Å². The van der Waals surface area contributed by atoms with Crippen molar-refractivity contribution in [2.24, 2.45) is 10.8 Å². The largest absolute Gasteiger partial charge is 1.00 e. The predicted octanol–water partition coefficient (Wildman–Crippen LogP) is 4.88. The van der Waals surface area contributed by atoms with Gasteiger partial charge in [0.05, 0.1) is 0 Å². The number of rotatable bonds is 2. The Bertz CT molecular complexity index is 1540. The number of hydrogen-bond acceptors (Lipinski definition) is 0. The number of allylic oxidation sites excluding steroid dienone is 8. The second-order valence-electron chi connectivity index (χ2n) is 16.2. The van der Waals surface area contributed by atoms with Crippen molar-refractivity contribution in [2.75, 3.05) is 0 Å². The van der Waals surface area contributed by atoms with Gasteiger partial charge in [0.15, 0.2) is 0 Å². The molecule has 0 heterocycles. The summed E-state index contributed by atoms with van der Waals surface area (Å²) in [5, 5.41) is 0. The van der Waals surface area contributed by atoms with Gasteiger partial charge in [0.25, 0.3) is 0 Å². The van der Waals surface area contributed by atoms with Gasteiger partial charge in [-0.1, -0.05) is 0 Å². The fourth-order valence-corrected chi connectivity index (χ4v) is 16.0. The summed E-state index contributed by atoms with van der Waals surface area (Å²) in [5.74, 6) is 0. The van der Waals surface area contributed by atoms with Gasteiger partial charge in [-0.25, -0.2) is 0 Å². The maximum Gasteiger partial charge on any atom is -1.00 e. The van der Waals surface area contributed by atoms with E-state index in [-0.39, 0.29) is 46.5 Å². The molecule has 4 aliphatic rings. The van der Waals surface area contributed by atoms with Crippen molar-refractivity contribution in [1.82, 2.24) is 0 Å². The van der Waals surface area contributed by atoms with Crippen LogP contribution in [0.4, 0.5) is 0 Å². The van der Waals surface area contributed by atoms with Crippen molar-refractivity contribution >= 4 is 14.4 Å². The first-order valence-electron chi connectivity index (χ1n) is 15.3. The molecule has 2 aromatic carbocycles. The SMILES string of the molecule is C[C](C)=[Zr+2]([C]1=CC=CC1)[CH]1c2cc3c(cc2-c2cc4c(cc21)C(C)(C)C=C4C(C)(C)C)C(C(C)(C)C)=CC3(C)C.[Cl-].[Cl-]. The Morgan fingerprint density at radius 2 is 1.12 bits per heavy atom. The smallest absolute Gasteiger partial charge is 1.00 e.